The Labute approximate surface area is 112 Å². The van der Waals surface area contributed by atoms with Gasteiger partial charge in [0.25, 0.3) is 0 Å². The van der Waals surface area contributed by atoms with E-state index < -0.39 is 5.97 Å². The number of benzene rings is 1. The van der Waals surface area contributed by atoms with Gasteiger partial charge in [-0.3, -0.25) is 9.59 Å². The van der Waals surface area contributed by atoms with Crippen LogP contribution in [0.25, 0.3) is 0 Å². The molecule has 1 rings (SSSR count). The molecular weight excluding hydrogens is 248 g/mol. The summed E-state index contributed by atoms with van der Waals surface area (Å²) in [6.45, 7) is 0.465. The number of carbonyl (C=O) groups is 2. The van der Waals surface area contributed by atoms with Crippen LogP contribution in [0.1, 0.15) is 36.0 Å². The number of aliphatic carboxylic acids is 1. The first-order chi connectivity index (χ1) is 9.17. The van der Waals surface area contributed by atoms with Gasteiger partial charge in [-0.2, -0.15) is 0 Å². The Bertz CT molecular complexity index is 428. The zero-order valence-corrected chi connectivity index (χ0v) is 10.9. The first-order valence-electron chi connectivity index (χ1n) is 6.15. The van der Waals surface area contributed by atoms with Crippen molar-refractivity contribution in [1.29, 1.82) is 0 Å². The van der Waals surface area contributed by atoms with E-state index in [1.54, 1.807) is 18.2 Å². The van der Waals surface area contributed by atoms with E-state index >= 15 is 0 Å². The van der Waals surface area contributed by atoms with Gasteiger partial charge in [0.05, 0.1) is 19.3 Å². The molecule has 0 saturated heterocycles. The van der Waals surface area contributed by atoms with E-state index in [-0.39, 0.29) is 6.42 Å². The fourth-order valence-electron chi connectivity index (χ4n) is 1.61. The largest absolute Gasteiger partial charge is 0.497 e. The molecule has 0 amide bonds. The predicted octanol–water partition coefficient (Wildman–Crippen LogP) is 2.53. The second-order valence-electron chi connectivity index (χ2n) is 4.07. The maximum absolute atomic E-state index is 10.9. The highest BCUT2D eigenvalue weighted by atomic mass is 16.5. The molecule has 0 atom stereocenters. The zero-order chi connectivity index (χ0) is 14.1. The third-order valence-electron chi connectivity index (χ3n) is 2.64. The molecule has 1 aromatic rings. The Kier molecular flexibility index (Phi) is 6.43. The average molecular weight is 266 g/mol. The second-order valence-corrected chi connectivity index (χ2v) is 4.07. The van der Waals surface area contributed by atoms with Crippen molar-refractivity contribution in [2.45, 2.75) is 25.7 Å². The number of aldehydes is 1. The van der Waals surface area contributed by atoms with Gasteiger partial charge >= 0.3 is 5.97 Å². The second kappa shape index (κ2) is 8.13. The van der Waals surface area contributed by atoms with Crippen LogP contribution >= 0.6 is 0 Å². The van der Waals surface area contributed by atoms with Crippen LogP contribution in [0.4, 0.5) is 0 Å². The van der Waals surface area contributed by atoms with Crippen molar-refractivity contribution in [1.82, 2.24) is 0 Å². The van der Waals surface area contributed by atoms with Crippen molar-refractivity contribution in [3.05, 3.63) is 23.8 Å². The lowest BCUT2D eigenvalue weighted by Crippen LogP contribution is -2.01. The van der Waals surface area contributed by atoms with Crippen molar-refractivity contribution < 1.29 is 24.2 Å². The first kappa shape index (κ1) is 15.0. The standard InChI is InChI=1S/C14H18O5/c1-18-12-6-7-13(11(9-12)10-15)19-8-4-2-3-5-14(16)17/h6-7,9-10H,2-5,8H2,1H3,(H,16,17). The van der Waals surface area contributed by atoms with E-state index in [9.17, 15) is 9.59 Å². The molecule has 0 aliphatic carbocycles. The number of carboxylic acids is 1. The average Bonchev–Trinajstić information content (AvgIpc) is 2.42. The monoisotopic (exact) mass is 266 g/mol. The van der Waals surface area contributed by atoms with E-state index in [4.69, 9.17) is 14.6 Å². The Balaban J connectivity index is 2.36. The summed E-state index contributed by atoms with van der Waals surface area (Å²) in [5, 5.41) is 8.48. The molecule has 0 saturated carbocycles. The predicted molar refractivity (Wildman–Crippen MR) is 70.0 cm³/mol. The number of methoxy groups -OCH3 is 1. The number of carbonyl (C=O) groups excluding carboxylic acids is 1. The summed E-state index contributed by atoms with van der Waals surface area (Å²) < 4.78 is 10.5. The van der Waals surface area contributed by atoms with Gasteiger partial charge in [0, 0.05) is 6.42 Å². The van der Waals surface area contributed by atoms with Gasteiger partial charge in [-0.05, 0) is 37.5 Å². The summed E-state index contributed by atoms with van der Waals surface area (Å²) in [5.74, 6) is 0.351. The first-order valence-corrected chi connectivity index (χ1v) is 6.15. The van der Waals surface area contributed by atoms with Gasteiger partial charge in [0.15, 0.2) is 6.29 Å². The quantitative estimate of drug-likeness (QED) is 0.549. The summed E-state index contributed by atoms with van der Waals surface area (Å²) in [5.41, 5.74) is 0.449. The van der Waals surface area contributed by atoms with Gasteiger partial charge in [0.2, 0.25) is 0 Å². The lowest BCUT2D eigenvalue weighted by atomic mass is 10.2. The Morgan fingerprint density at radius 3 is 2.74 bits per heavy atom. The molecule has 1 N–H and O–H groups in total. The Hall–Kier alpha value is -2.04. The van der Waals surface area contributed by atoms with Crippen LogP contribution in [0.5, 0.6) is 11.5 Å². The summed E-state index contributed by atoms with van der Waals surface area (Å²) >= 11 is 0. The van der Waals surface area contributed by atoms with Crippen LogP contribution in [0.15, 0.2) is 18.2 Å². The maximum atomic E-state index is 10.9. The van der Waals surface area contributed by atoms with Crippen molar-refractivity contribution in [2.24, 2.45) is 0 Å². The van der Waals surface area contributed by atoms with Crippen molar-refractivity contribution >= 4 is 12.3 Å². The Morgan fingerprint density at radius 1 is 1.32 bits per heavy atom. The minimum absolute atomic E-state index is 0.183. The maximum Gasteiger partial charge on any atom is 0.303 e. The molecule has 0 bridgehead atoms. The normalized spacial score (nSPS) is 9.95. The third kappa shape index (κ3) is 5.42. The number of carboxylic acid groups (broad SMARTS) is 1. The fourth-order valence-corrected chi connectivity index (χ4v) is 1.61. The molecule has 0 fully saturated rings. The minimum atomic E-state index is -0.778. The zero-order valence-electron chi connectivity index (χ0n) is 10.9. The van der Waals surface area contributed by atoms with Crippen LogP contribution < -0.4 is 9.47 Å². The molecule has 0 radical (unpaired) electrons. The molecule has 5 heteroatoms. The van der Waals surface area contributed by atoms with Crippen LogP contribution in [0.3, 0.4) is 0 Å². The highest BCUT2D eigenvalue weighted by molar-refractivity contribution is 5.80. The number of hydrogen-bond donors (Lipinski definition) is 1. The third-order valence-corrected chi connectivity index (χ3v) is 2.64. The van der Waals surface area contributed by atoms with E-state index in [1.807, 2.05) is 0 Å². The molecule has 0 aliphatic heterocycles. The SMILES string of the molecule is COc1ccc(OCCCCCC(=O)O)c(C=O)c1. The summed E-state index contributed by atoms with van der Waals surface area (Å²) in [6, 6.07) is 5.04. The van der Waals surface area contributed by atoms with Crippen LogP contribution in [0.2, 0.25) is 0 Å². The summed E-state index contributed by atoms with van der Waals surface area (Å²) in [6.07, 6.45) is 3.10. The molecule has 0 aromatic heterocycles. The van der Waals surface area contributed by atoms with E-state index in [1.165, 1.54) is 7.11 Å². The molecule has 0 spiro atoms. The van der Waals surface area contributed by atoms with Gasteiger partial charge < -0.3 is 14.6 Å². The van der Waals surface area contributed by atoms with E-state index in [0.29, 0.717) is 30.1 Å². The molecule has 0 heterocycles. The van der Waals surface area contributed by atoms with E-state index in [2.05, 4.69) is 0 Å². The smallest absolute Gasteiger partial charge is 0.303 e. The van der Waals surface area contributed by atoms with Crippen LogP contribution in [-0.2, 0) is 4.79 Å². The minimum Gasteiger partial charge on any atom is -0.497 e. The topological polar surface area (TPSA) is 72.8 Å². The van der Waals surface area contributed by atoms with Crippen molar-refractivity contribution in [3.8, 4) is 11.5 Å². The molecule has 0 aliphatic rings. The number of hydrogen-bond acceptors (Lipinski definition) is 4. The summed E-state index contributed by atoms with van der Waals surface area (Å²) in [7, 11) is 1.53. The van der Waals surface area contributed by atoms with Gasteiger partial charge in [0.1, 0.15) is 11.5 Å². The lowest BCUT2D eigenvalue weighted by molar-refractivity contribution is -0.137. The number of unbranched alkanes of at least 4 members (excludes halogenated alkanes) is 2. The highest BCUT2D eigenvalue weighted by Gasteiger charge is 2.05. The molecular formula is C14H18O5. The molecule has 1 aromatic carbocycles. The van der Waals surface area contributed by atoms with E-state index in [0.717, 1.165) is 19.1 Å². The van der Waals surface area contributed by atoms with Gasteiger partial charge in [-0.15, -0.1) is 0 Å². The van der Waals surface area contributed by atoms with Crippen LogP contribution in [0, 0.1) is 0 Å². The van der Waals surface area contributed by atoms with Gasteiger partial charge in [-0.25, -0.2) is 0 Å². The molecule has 0 unspecified atom stereocenters. The fraction of sp³-hybridized carbons (Fsp3) is 0.429. The van der Waals surface area contributed by atoms with Crippen molar-refractivity contribution in [2.75, 3.05) is 13.7 Å². The number of rotatable bonds is 9. The summed E-state index contributed by atoms with van der Waals surface area (Å²) in [4.78, 5) is 21.2. The van der Waals surface area contributed by atoms with Crippen LogP contribution in [-0.4, -0.2) is 31.1 Å². The Morgan fingerprint density at radius 2 is 2.11 bits per heavy atom. The number of ether oxygens (including phenoxy) is 2. The van der Waals surface area contributed by atoms with Crippen molar-refractivity contribution in [3.63, 3.8) is 0 Å². The molecule has 19 heavy (non-hydrogen) atoms. The lowest BCUT2D eigenvalue weighted by Gasteiger charge is -2.09. The molecule has 104 valence electrons. The molecule has 5 nitrogen and oxygen atoms in total. The van der Waals surface area contributed by atoms with Gasteiger partial charge in [-0.1, -0.05) is 0 Å². The highest BCUT2D eigenvalue weighted by Crippen LogP contribution is 2.22.